The summed E-state index contributed by atoms with van der Waals surface area (Å²) in [7, 11) is 0. The molecule has 3 amide bonds. The van der Waals surface area contributed by atoms with Crippen LogP contribution in [0.1, 0.15) is 64.9 Å². The third-order valence-corrected chi connectivity index (χ3v) is 7.87. The van der Waals surface area contributed by atoms with E-state index in [-0.39, 0.29) is 34.6 Å². The first-order chi connectivity index (χ1) is 25.2. The van der Waals surface area contributed by atoms with Crippen LogP contribution < -0.4 is 16.0 Å². The number of nitro groups is 1. The van der Waals surface area contributed by atoms with Crippen molar-refractivity contribution in [2.45, 2.75) is 65.5 Å². The molecule has 0 saturated heterocycles. The van der Waals surface area contributed by atoms with Crippen molar-refractivity contribution in [2.24, 2.45) is 0 Å². The van der Waals surface area contributed by atoms with E-state index >= 15 is 0 Å². The van der Waals surface area contributed by atoms with E-state index in [1.165, 1.54) is 18.2 Å². The highest BCUT2D eigenvalue weighted by Gasteiger charge is 2.31. The number of hydrogen-bond donors (Lipinski definition) is 6. The van der Waals surface area contributed by atoms with Crippen molar-refractivity contribution in [2.75, 3.05) is 16.0 Å². The molecule has 0 unspecified atom stereocenters. The van der Waals surface area contributed by atoms with E-state index in [4.69, 9.17) is 0 Å². The SMILES string of the molecule is CCCC(=O)Nc1n[nH]c2cc(Br)ccc12.CCCC(=O)Nc1n[nH]c2ccc(C(F)(F)F)cc12.CCCC(=O)Nc1n[nH]c2ccc([N+](=O)[O-])cc12. The normalized spacial score (nSPS) is 11.0. The third kappa shape index (κ3) is 10.8. The summed E-state index contributed by atoms with van der Waals surface area (Å²) in [5.74, 6) is 0.622. The van der Waals surface area contributed by atoms with Crippen molar-refractivity contribution in [3.63, 3.8) is 0 Å². The Morgan fingerprint density at radius 2 is 1.13 bits per heavy atom. The van der Waals surface area contributed by atoms with E-state index < -0.39 is 16.7 Å². The molecule has 0 radical (unpaired) electrons. The zero-order chi connectivity index (χ0) is 38.7. The Balaban J connectivity index is 0.000000178. The Hall–Kier alpha value is -5.85. The van der Waals surface area contributed by atoms with Gasteiger partial charge >= 0.3 is 6.18 Å². The minimum atomic E-state index is -4.42. The number of alkyl halides is 3. The van der Waals surface area contributed by atoms with Gasteiger partial charge in [-0.15, -0.1) is 0 Å². The first kappa shape index (κ1) is 39.9. The van der Waals surface area contributed by atoms with Crippen LogP contribution in [0.15, 0.2) is 59.1 Å². The first-order valence-electron chi connectivity index (χ1n) is 16.4. The van der Waals surface area contributed by atoms with Crippen LogP contribution in [0.25, 0.3) is 32.7 Å². The number of aromatic amines is 3. The van der Waals surface area contributed by atoms with E-state index in [1.54, 1.807) is 6.07 Å². The van der Waals surface area contributed by atoms with Crippen LogP contribution in [0.4, 0.5) is 36.3 Å². The number of H-pyrrole nitrogens is 3. The zero-order valence-electron chi connectivity index (χ0n) is 28.8. The number of anilines is 3. The van der Waals surface area contributed by atoms with Crippen molar-refractivity contribution < 1.29 is 32.5 Å². The molecule has 6 rings (SSSR count). The summed E-state index contributed by atoms with van der Waals surface area (Å²) < 4.78 is 38.8. The molecule has 0 spiro atoms. The van der Waals surface area contributed by atoms with Gasteiger partial charge in [0.15, 0.2) is 17.5 Å². The molecule has 19 heteroatoms. The fraction of sp³-hybridized carbons (Fsp3) is 0.294. The predicted octanol–water partition coefficient (Wildman–Crippen LogP) is 8.59. The quantitative estimate of drug-likeness (QED) is 0.0581. The molecule has 280 valence electrons. The molecule has 0 fully saturated rings. The topological polar surface area (TPSA) is 216 Å². The number of carbonyl (C=O) groups excluding carboxylic acids is 3. The predicted molar refractivity (Wildman–Crippen MR) is 198 cm³/mol. The Morgan fingerprint density at radius 3 is 1.60 bits per heavy atom. The Morgan fingerprint density at radius 1 is 0.679 bits per heavy atom. The molecule has 0 aliphatic rings. The van der Waals surface area contributed by atoms with Crippen molar-refractivity contribution >= 4 is 89.5 Å². The number of nitrogens with zero attached hydrogens (tertiary/aromatic N) is 4. The van der Waals surface area contributed by atoms with E-state index in [2.05, 4.69) is 62.5 Å². The molecule has 0 aliphatic heterocycles. The van der Waals surface area contributed by atoms with E-state index in [0.29, 0.717) is 53.7 Å². The maximum atomic E-state index is 12.6. The monoisotopic (exact) mass is 800 g/mol. The van der Waals surface area contributed by atoms with Gasteiger partial charge < -0.3 is 16.0 Å². The lowest BCUT2D eigenvalue weighted by molar-refractivity contribution is -0.384. The van der Waals surface area contributed by atoms with Gasteiger partial charge in [-0.3, -0.25) is 39.8 Å². The largest absolute Gasteiger partial charge is 0.416 e. The molecule has 0 saturated carbocycles. The fourth-order valence-corrected chi connectivity index (χ4v) is 5.21. The van der Waals surface area contributed by atoms with Crippen molar-refractivity contribution in [1.82, 2.24) is 30.6 Å². The van der Waals surface area contributed by atoms with Gasteiger partial charge in [-0.05, 0) is 61.7 Å². The number of non-ortho nitro benzene ring substituents is 1. The van der Waals surface area contributed by atoms with Gasteiger partial charge in [0.2, 0.25) is 17.7 Å². The highest BCUT2D eigenvalue weighted by Crippen LogP contribution is 2.33. The number of amides is 3. The lowest BCUT2D eigenvalue weighted by atomic mass is 10.1. The van der Waals surface area contributed by atoms with E-state index in [0.717, 1.165) is 40.4 Å². The number of fused-ring (bicyclic) bond motifs is 3. The van der Waals surface area contributed by atoms with Gasteiger partial charge in [0.1, 0.15) is 0 Å². The van der Waals surface area contributed by atoms with Crippen LogP contribution >= 0.6 is 15.9 Å². The van der Waals surface area contributed by atoms with Gasteiger partial charge in [-0.2, -0.15) is 28.5 Å². The van der Waals surface area contributed by atoms with Crippen LogP contribution in [-0.4, -0.2) is 53.2 Å². The molecule has 3 heterocycles. The number of carbonyl (C=O) groups is 3. The number of aromatic nitrogens is 6. The molecule has 0 atom stereocenters. The van der Waals surface area contributed by atoms with Crippen molar-refractivity contribution in [3.8, 4) is 0 Å². The van der Waals surface area contributed by atoms with Crippen LogP contribution in [0, 0.1) is 10.1 Å². The second-order valence-electron chi connectivity index (χ2n) is 11.5. The number of rotatable bonds is 10. The summed E-state index contributed by atoms with van der Waals surface area (Å²) in [6.45, 7) is 5.70. The second kappa shape index (κ2) is 18.1. The Kier molecular flexibility index (Phi) is 13.6. The summed E-state index contributed by atoms with van der Waals surface area (Å²) >= 11 is 3.38. The maximum absolute atomic E-state index is 12.6. The minimum absolute atomic E-state index is 0.00109. The summed E-state index contributed by atoms with van der Waals surface area (Å²) in [4.78, 5) is 44.6. The second-order valence-corrected chi connectivity index (χ2v) is 12.5. The van der Waals surface area contributed by atoms with E-state index in [9.17, 15) is 37.7 Å². The molecule has 6 aromatic rings. The molecular formula is C34H36BrF3N10O5. The number of halogens is 4. The number of hydrogen-bond acceptors (Lipinski definition) is 8. The van der Waals surface area contributed by atoms with E-state index in [1.807, 2.05) is 39.0 Å². The molecule has 3 aromatic carbocycles. The van der Waals surface area contributed by atoms with Gasteiger partial charge in [0.05, 0.1) is 32.4 Å². The van der Waals surface area contributed by atoms with Crippen LogP contribution in [0.5, 0.6) is 0 Å². The lowest BCUT2D eigenvalue weighted by Crippen LogP contribution is -2.11. The molecule has 53 heavy (non-hydrogen) atoms. The lowest BCUT2D eigenvalue weighted by Gasteiger charge is -2.06. The maximum Gasteiger partial charge on any atom is 0.416 e. The molecule has 0 bridgehead atoms. The Bertz CT molecular complexity index is 2230. The van der Waals surface area contributed by atoms with Gasteiger partial charge in [-0.25, -0.2) is 0 Å². The summed E-state index contributed by atoms with van der Waals surface area (Å²) in [6, 6.07) is 13.4. The Labute approximate surface area is 308 Å². The third-order valence-electron chi connectivity index (χ3n) is 7.38. The summed E-state index contributed by atoms with van der Waals surface area (Å²) in [5.41, 5.74) is 1.19. The fourth-order valence-electron chi connectivity index (χ4n) is 4.85. The zero-order valence-corrected chi connectivity index (χ0v) is 30.4. The summed E-state index contributed by atoms with van der Waals surface area (Å²) in [6.07, 6.45) is -0.992. The van der Waals surface area contributed by atoms with Crippen molar-refractivity contribution in [1.29, 1.82) is 0 Å². The number of nitrogens with one attached hydrogen (secondary N) is 6. The summed E-state index contributed by atoms with van der Waals surface area (Å²) in [5, 5.41) is 40.3. The molecule has 15 nitrogen and oxygen atoms in total. The highest BCUT2D eigenvalue weighted by atomic mass is 79.9. The molecule has 3 aromatic heterocycles. The molecule has 6 N–H and O–H groups in total. The molecule has 0 aliphatic carbocycles. The average Bonchev–Trinajstić information content (AvgIpc) is 3.82. The first-order valence-corrected chi connectivity index (χ1v) is 17.2. The minimum Gasteiger partial charge on any atom is -0.309 e. The van der Waals surface area contributed by atoms with Gasteiger partial charge in [0.25, 0.3) is 5.69 Å². The van der Waals surface area contributed by atoms with Crippen LogP contribution in [-0.2, 0) is 20.6 Å². The van der Waals surface area contributed by atoms with Gasteiger partial charge in [-0.1, -0.05) is 36.7 Å². The smallest absolute Gasteiger partial charge is 0.309 e. The standard InChI is InChI=1S/C12H12F3N3O.C11H12BrN3O.C11H12N4O3/c1-2-3-10(19)16-11-8-6-7(12(13,14)15)4-5-9(8)17-18-11;1-2-3-10(16)13-11-8-5-4-7(12)6-9(8)14-15-11;1-2-3-10(16)12-11-8-6-7(15(17)18)4-5-9(8)13-14-11/h4-6H,2-3H2,1H3,(H2,16,17,18,19);4-6H,2-3H2,1H3,(H2,13,14,15,16);4-6H,2-3H2,1H3,(H2,12,13,14,16). The van der Waals surface area contributed by atoms with Crippen LogP contribution in [0.3, 0.4) is 0 Å². The van der Waals surface area contributed by atoms with Crippen molar-refractivity contribution in [3.05, 3.63) is 74.7 Å². The van der Waals surface area contributed by atoms with Crippen LogP contribution in [0.2, 0.25) is 0 Å². The number of benzene rings is 3. The molecular weight excluding hydrogens is 765 g/mol. The van der Waals surface area contributed by atoms with Gasteiger partial charge in [0, 0.05) is 46.6 Å². The highest BCUT2D eigenvalue weighted by molar-refractivity contribution is 9.10. The average molecular weight is 802 g/mol. The number of nitro benzene ring substituents is 1.